The highest BCUT2D eigenvalue weighted by molar-refractivity contribution is 6.45. The fraction of sp³-hybridized carbons (Fsp3) is 0.370. The van der Waals surface area contributed by atoms with Gasteiger partial charge in [-0.3, -0.25) is 14.4 Å². The van der Waals surface area contributed by atoms with Crippen LogP contribution in [-0.4, -0.2) is 58.6 Å². The topological polar surface area (TPSA) is 73.5 Å². The molecule has 2 amide bonds. The zero-order chi connectivity index (χ0) is 25.1. The average Bonchev–Trinajstić information content (AvgIpc) is 3.27. The quantitative estimate of drug-likeness (QED) is 0.364. The normalized spacial score (nSPS) is 14.3. The second-order valence-corrected chi connectivity index (χ2v) is 9.36. The number of piperidine rings is 1. The molecule has 0 atom stereocenters. The van der Waals surface area contributed by atoms with Crippen molar-refractivity contribution in [3.8, 4) is 0 Å². The second kappa shape index (κ2) is 10.6. The van der Waals surface area contributed by atoms with Crippen LogP contribution in [0.5, 0.6) is 0 Å². The number of aromatic amines is 1. The van der Waals surface area contributed by atoms with E-state index < -0.39 is 11.7 Å². The lowest BCUT2D eigenvalue weighted by Crippen LogP contribution is -2.39. The van der Waals surface area contributed by atoms with E-state index in [2.05, 4.69) is 4.98 Å². The Balaban J connectivity index is 1.49. The van der Waals surface area contributed by atoms with Crippen LogP contribution < -0.4 is 0 Å². The Hall–Kier alpha value is -3.19. The molecule has 0 aliphatic carbocycles. The first kappa shape index (κ1) is 24.9. The van der Waals surface area contributed by atoms with E-state index in [1.54, 1.807) is 17.0 Å². The lowest BCUT2D eigenvalue weighted by Gasteiger charge is -2.32. The molecule has 1 N–H and O–H groups in total. The van der Waals surface area contributed by atoms with Crippen LogP contribution >= 0.6 is 11.6 Å². The summed E-state index contributed by atoms with van der Waals surface area (Å²) in [5, 5.41) is 0.807. The van der Waals surface area contributed by atoms with Crippen molar-refractivity contribution in [3.05, 3.63) is 70.1 Å². The molecule has 2 heterocycles. The van der Waals surface area contributed by atoms with E-state index in [1.807, 2.05) is 26.0 Å². The van der Waals surface area contributed by atoms with E-state index in [0.29, 0.717) is 53.6 Å². The number of halogens is 2. The first-order chi connectivity index (χ1) is 16.8. The highest BCUT2D eigenvalue weighted by atomic mass is 35.5. The van der Waals surface area contributed by atoms with Crippen LogP contribution in [-0.2, 0) is 11.2 Å². The van der Waals surface area contributed by atoms with Crippen LogP contribution in [0.2, 0.25) is 5.02 Å². The number of likely N-dealkylation sites (N-methyl/N-ethyl adjacent to an activating group) is 1. The Morgan fingerprint density at radius 2 is 1.71 bits per heavy atom. The van der Waals surface area contributed by atoms with Crippen LogP contribution in [0.25, 0.3) is 10.9 Å². The third-order valence-corrected chi connectivity index (χ3v) is 7.14. The Kier molecular flexibility index (Phi) is 7.55. The predicted octanol–water partition coefficient (Wildman–Crippen LogP) is 5.11. The molecule has 8 heteroatoms. The molecule has 4 rings (SSSR count). The lowest BCUT2D eigenvalue weighted by atomic mass is 9.90. The Morgan fingerprint density at radius 3 is 2.34 bits per heavy atom. The van der Waals surface area contributed by atoms with Gasteiger partial charge in [0.05, 0.1) is 16.1 Å². The SMILES string of the molecule is CCN(CC)C(=O)C(=O)c1c[nH]c2cc(Cl)c(C(=O)N3CCC(Cc4ccc(F)cc4)CC3)cc12. The van der Waals surface area contributed by atoms with Crippen LogP contribution in [0.4, 0.5) is 4.39 Å². The molecule has 184 valence electrons. The molecule has 1 fully saturated rings. The third kappa shape index (κ3) is 5.25. The maximum atomic E-state index is 13.3. The number of amides is 2. The van der Waals surface area contributed by atoms with Crippen molar-refractivity contribution >= 4 is 40.1 Å². The Labute approximate surface area is 209 Å². The van der Waals surface area contributed by atoms with E-state index in [9.17, 15) is 18.8 Å². The summed E-state index contributed by atoms with van der Waals surface area (Å²) in [7, 11) is 0. The largest absolute Gasteiger partial charge is 0.360 e. The van der Waals surface area contributed by atoms with Crippen molar-refractivity contribution in [1.29, 1.82) is 0 Å². The summed E-state index contributed by atoms with van der Waals surface area (Å²) in [4.78, 5) is 45.1. The van der Waals surface area contributed by atoms with Crippen LogP contribution in [0, 0.1) is 11.7 Å². The summed E-state index contributed by atoms with van der Waals surface area (Å²) in [6.45, 7) is 5.72. The number of carbonyl (C=O) groups is 3. The molecular weight excluding hydrogens is 469 g/mol. The second-order valence-electron chi connectivity index (χ2n) is 8.95. The molecule has 2 aromatic carbocycles. The van der Waals surface area contributed by atoms with Gasteiger partial charge < -0.3 is 14.8 Å². The summed E-state index contributed by atoms with van der Waals surface area (Å²) in [5.74, 6) is -1.19. The molecule has 0 bridgehead atoms. The average molecular weight is 498 g/mol. The Bertz CT molecular complexity index is 1240. The van der Waals surface area contributed by atoms with Gasteiger partial charge >= 0.3 is 0 Å². The van der Waals surface area contributed by atoms with E-state index in [-0.39, 0.29) is 17.3 Å². The third-order valence-electron chi connectivity index (χ3n) is 6.83. The monoisotopic (exact) mass is 497 g/mol. The van der Waals surface area contributed by atoms with Gasteiger partial charge in [0.25, 0.3) is 17.6 Å². The van der Waals surface area contributed by atoms with Gasteiger partial charge in [0, 0.05) is 43.3 Å². The number of likely N-dealkylation sites (tertiary alicyclic amines) is 1. The van der Waals surface area contributed by atoms with Crippen molar-refractivity contribution in [2.45, 2.75) is 33.1 Å². The summed E-state index contributed by atoms with van der Waals surface area (Å²) < 4.78 is 13.2. The van der Waals surface area contributed by atoms with E-state index in [0.717, 1.165) is 24.8 Å². The van der Waals surface area contributed by atoms with Crippen LogP contribution in [0.1, 0.15) is 53.0 Å². The van der Waals surface area contributed by atoms with Crippen LogP contribution in [0.3, 0.4) is 0 Å². The van der Waals surface area contributed by atoms with Gasteiger partial charge in [-0.05, 0) is 68.9 Å². The highest BCUT2D eigenvalue weighted by Crippen LogP contribution is 2.30. The predicted molar refractivity (Wildman–Crippen MR) is 134 cm³/mol. The number of hydrogen-bond acceptors (Lipinski definition) is 3. The van der Waals surface area contributed by atoms with Gasteiger partial charge in [0.2, 0.25) is 0 Å². The molecule has 0 unspecified atom stereocenters. The van der Waals surface area contributed by atoms with Gasteiger partial charge in [-0.2, -0.15) is 0 Å². The molecule has 1 aromatic heterocycles. The first-order valence-corrected chi connectivity index (χ1v) is 12.4. The molecule has 1 aliphatic heterocycles. The number of nitrogens with zero attached hydrogens (tertiary/aromatic N) is 2. The lowest BCUT2D eigenvalue weighted by molar-refractivity contribution is -0.126. The maximum absolute atomic E-state index is 13.3. The summed E-state index contributed by atoms with van der Waals surface area (Å²) in [6, 6.07) is 9.81. The number of hydrogen-bond donors (Lipinski definition) is 1. The summed E-state index contributed by atoms with van der Waals surface area (Å²) >= 11 is 6.45. The van der Waals surface area contributed by atoms with Gasteiger partial charge in [0.1, 0.15) is 5.82 Å². The number of H-pyrrole nitrogens is 1. The smallest absolute Gasteiger partial charge is 0.295 e. The number of Topliss-reactive ketones (excluding diaryl/α,β-unsaturated/α-hetero) is 1. The minimum atomic E-state index is -0.609. The molecular formula is C27H29ClFN3O3. The molecule has 6 nitrogen and oxygen atoms in total. The number of fused-ring (bicyclic) bond motifs is 1. The molecule has 0 radical (unpaired) electrons. The molecule has 1 saturated heterocycles. The Morgan fingerprint density at radius 1 is 1.06 bits per heavy atom. The van der Waals surface area contributed by atoms with E-state index in [1.165, 1.54) is 23.2 Å². The summed E-state index contributed by atoms with van der Waals surface area (Å²) in [6.07, 6.45) is 4.04. The number of carbonyl (C=O) groups excluding carboxylic acids is 3. The molecule has 0 saturated carbocycles. The summed E-state index contributed by atoms with van der Waals surface area (Å²) in [5.41, 5.74) is 2.24. The highest BCUT2D eigenvalue weighted by Gasteiger charge is 2.28. The van der Waals surface area contributed by atoms with Gasteiger partial charge in [0.15, 0.2) is 0 Å². The minimum absolute atomic E-state index is 0.188. The number of aromatic nitrogens is 1. The number of benzene rings is 2. The fourth-order valence-corrected chi connectivity index (χ4v) is 4.97. The minimum Gasteiger partial charge on any atom is -0.360 e. The van der Waals surface area contributed by atoms with Crippen molar-refractivity contribution in [2.75, 3.05) is 26.2 Å². The van der Waals surface area contributed by atoms with Crippen molar-refractivity contribution < 1.29 is 18.8 Å². The number of ketones is 1. The van der Waals surface area contributed by atoms with Gasteiger partial charge in [-0.25, -0.2) is 4.39 Å². The first-order valence-electron chi connectivity index (χ1n) is 12.0. The zero-order valence-corrected chi connectivity index (χ0v) is 20.7. The standard InChI is InChI=1S/C27H29ClFN3O3/c1-3-31(4-2)27(35)25(33)22-16-30-24-15-23(28)21(14-20(22)24)26(34)32-11-9-18(10-12-32)13-17-5-7-19(29)8-6-17/h5-8,14-16,18,30H,3-4,9-13H2,1-2H3. The molecule has 3 aromatic rings. The van der Waals surface area contributed by atoms with E-state index >= 15 is 0 Å². The maximum Gasteiger partial charge on any atom is 0.295 e. The number of rotatable bonds is 7. The van der Waals surface area contributed by atoms with Crippen molar-refractivity contribution in [1.82, 2.24) is 14.8 Å². The van der Waals surface area contributed by atoms with Gasteiger partial charge in [-0.15, -0.1) is 0 Å². The van der Waals surface area contributed by atoms with Crippen LogP contribution in [0.15, 0.2) is 42.6 Å². The molecule has 1 aliphatic rings. The zero-order valence-electron chi connectivity index (χ0n) is 19.9. The van der Waals surface area contributed by atoms with E-state index in [4.69, 9.17) is 11.6 Å². The fourth-order valence-electron chi connectivity index (χ4n) is 4.73. The molecule has 35 heavy (non-hydrogen) atoms. The number of nitrogens with one attached hydrogen (secondary N) is 1. The van der Waals surface area contributed by atoms with Gasteiger partial charge in [-0.1, -0.05) is 23.7 Å². The van der Waals surface area contributed by atoms with Crippen molar-refractivity contribution in [2.24, 2.45) is 5.92 Å². The van der Waals surface area contributed by atoms with Crippen molar-refractivity contribution in [3.63, 3.8) is 0 Å². The molecule has 0 spiro atoms.